The number of unbranched alkanes of at least 4 members (excludes halogenated alkanes) is 5. The van der Waals surface area contributed by atoms with Crippen LogP contribution in [0, 0.1) is 17.8 Å². The highest BCUT2D eigenvalue weighted by Gasteiger charge is 2.15. The third-order valence-corrected chi connectivity index (χ3v) is 4.61. The summed E-state index contributed by atoms with van der Waals surface area (Å²) in [6.07, 6.45) is 8.30. The van der Waals surface area contributed by atoms with Gasteiger partial charge >= 0.3 is 0 Å². The minimum Gasteiger partial charge on any atom is -0.315 e. The molecule has 0 atom stereocenters. The molecular weight excluding hydrogens is 294 g/mol. The zero-order valence-corrected chi connectivity index (χ0v) is 16.7. The van der Waals surface area contributed by atoms with Crippen LogP contribution in [0.2, 0.25) is 0 Å². The van der Waals surface area contributed by atoms with E-state index >= 15 is 0 Å². The molecule has 0 saturated carbocycles. The molecule has 0 aromatic heterocycles. The van der Waals surface area contributed by atoms with E-state index in [2.05, 4.69) is 54.7 Å². The zero-order chi connectivity index (χ0) is 17.6. The lowest BCUT2D eigenvalue weighted by atomic mass is 10.1. The second-order valence-corrected chi connectivity index (χ2v) is 7.82. The lowest BCUT2D eigenvalue weighted by Gasteiger charge is -2.33. The first kappa shape index (κ1) is 21.5. The van der Waals surface area contributed by atoms with Crippen molar-refractivity contribution < 1.29 is 0 Å². The van der Waals surface area contributed by atoms with E-state index in [-0.39, 0.29) is 0 Å². The Bertz CT molecular complexity index is 346. The highest BCUT2D eigenvalue weighted by atomic mass is 15.3. The maximum Gasteiger partial charge on any atom is 0.0602 e. The van der Waals surface area contributed by atoms with E-state index in [1.54, 1.807) is 0 Å². The summed E-state index contributed by atoms with van der Waals surface area (Å²) in [6, 6.07) is 0.632. The van der Waals surface area contributed by atoms with Gasteiger partial charge in [-0.15, -0.1) is 0 Å². The molecule has 1 fully saturated rings. The summed E-state index contributed by atoms with van der Waals surface area (Å²) in [5.41, 5.74) is 0. The van der Waals surface area contributed by atoms with E-state index in [0.29, 0.717) is 12.0 Å². The van der Waals surface area contributed by atoms with Gasteiger partial charge in [0.25, 0.3) is 0 Å². The quantitative estimate of drug-likeness (QED) is 0.460. The molecule has 1 aliphatic heterocycles. The number of piperazine rings is 1. The van der Waals surface area contributed by atoms with Crippen LogP contribution in [0.25, 0.3) is 0 Å². The van der Waals surface area contributed by atoms with Crippen LogP contribution in [0.3, 0.4) is 0 Å². The van der Waals surface area contributed by atoms with Gasteiger partial charge in [-0.1, -0.05) is 65.2 Å². The highest BCUT2D eigenvalue weighted by molar-refractivity contribution is 5.03. The molecule has 0 radical (unpaired) electrons. The van der Waals surface area contributed by atoms with E-state index in [0.717, 1.165) is 6.54 Å². The van der Waals surface area contributed by atoms with Crippen LogP contribution >= 0.6 is 0 Å². The molecule has 0 aromatic carbocycles. The topological polar surface area (TPSA) is 18.5 Å². The number of nitrogens with zero attached hydrogens (tertiary/aromatic N) is 2. The summed E-state index contributed by atoms with van der Waals surface area (Å²) >= 11 is 0. The van der Waals surface area contributed by atoms with Crippen molar-refractivity contribution in [3.05, 3.63) is 0 Å². The lowest BCUT2D eigenvalue weighted by Crippen LogP contribution is -2.46. The van der Waals surface area contributed by atoms with Gasteiger partial charge in [-0.05, 0) is 25.9 Å². The molecule has 1 N–H and O–H groups in total. The molecule has 1 aliphatic rings. The fraction of sp³-hybridized carbons (Fsp3) is 0.905. The number of nitrogens with one attached hydrogen (secondary N) is 1. The first-order valence-corrected chi connectivity index (χ1v) is 10.2. The molecule has 0 spiro atoms. The van der Waals surface area contributed by atoms with Crippen molar-refractivity contribution in [2.45, 2.75) is 72.3 Å². The molecule has 1 heterocycles. The van der Waals surface area contributed by atoms with E-state index in [1.807, 2.05) is 0 Å². The Morgan fingerprint density at radius 1 is 0.792 bits per heavy atom. The molecule has 0 aromatic rings. The van der Waals surface area contributed by atoms with Crippen LogP contribution in [-0.4, -0.2) is 61.7 Å². The Hall–Kier alpha value is -0.560. The van der Waals surface area contributed by atoms with Crippen molar-refractivity contribution in [3.8, 4) is 11.8 Å². The molecule has 1 saturated heterocycles. The average molecular weight is 336 g/mol. The van der Waals surface area contributed by atoms with Crippen LogP contribution in [0.5, 0.6) is 0 Å². The van der Waals surface area contributed by atoms with Crippen LogP contribution in [0.15, 0.2) is 0 Å². The Morgan fingerprint density at radius 3 is 2.00 bits per heavy atom. The van der Waals surface area contributed by atoms with Crippen molar-refractivity contribution in [2.24, 2.45) is 5.92 Å². The average Bonchev–Trinajstić information content (AvgIpc) is 2.54. The highest BCUT2D eigenvalue weighted by Crippen LogP contribution is 2.08. The third kappa shape index (κ3) is 11.9. The van der Waals surface area contributed by atoms with Gasteiger partial charge in [-0.2, -0.15) is 0 Å². The lowest BCUT2D eigenvalue weighted by molar-refractivity contribution is 0.142. The van der Waals surface area contributed by atoms with Crippen molar-refractivity contribution in [2.75, 3.05) is 45.8 Å². The molecule has 0 amide bonds. The second kappa shape index (κ2) is 13.7. The predicted octanol–water partition coefficient (Wildman–Crippen LogP) is 3.60. The molecule has 0 unspecified atom stereocenters. The summed E-state index contributed by atoms with van der Waals surface area (Å²) < 4.78 is 0. The largest absolute Gasteiger partial charge is 0.315 e. The van der Waals surface area contributed by atoms with Crippen LogP contribution in [0.4, 0.5) is 0 Å². The zero-order valence-electron chi connectivity index (χ0n) is 16.7. The van der Waals surface area contributed by atoms with Crippen LogP contribution in [0.1, 0.15) is 66.2 Å². The van der Waals surface area contributed by atoms with Gasteiger partial charge in [0.15, 0.2) is 0 Å². The minimum atomic E-state index is 0.498. The summed E-state index contributed by atoms with van der Waals surface area (Å²) in [5, 5.41) is 3.49. The molecule has 3 nitrogen and oxygen atoms in total. The predicted molar refractivity (Wildman–Crippen MR) is 106 cm³/mol. The van der Waals surface area contributed by atoms with E-state index in [9.17, 15) is 0 Å². The maximum absolute atomic E-state index is 3.49. The standard InChI is InChI=1S/C21H41N3/c1-20(2)12-11-15-24-18-16-23(17-19-24)14-10-8-6-5-7-9-13-22-21(3)4/h20-22H,5-10,13-19H2,1-4H3. The minimum absolute atomic E-state index is 0.498. The summed E-state index contributed by atoms with van der Waals surface area (Å²) in [6.45, 7) is 17.0. The van der Waals surface area contributed by atoms with Crippen LogP contribution < -0.4 is 5.32 Å². The summed E-state index contributed by atoms with van der Waals surface area (Å²) in [7, 11) is 0. The normalized spacial score (nSPS) is 16.6. The fourth-order valence-electron chi connectivity index (χ4n) is 3.09. The van der Waals surface area contributed by atoms with Gasteiger partial charge in [0.05, 0.1) is 6.54 Å². The molecule has 1 rings (SSSR count). The first-order chi connectivity index (χ1) is 11.6. The molecule has 3 heteroatoms. The van der Waals surface area contributed by atoms with Gasteiger partial charge in [0.2, 0.25) is 0 Å². The SMILES string of the molecule is CC(C)C#CCN1CCN(CCCCCCCCNC(C)C)CC1. The molecule has 140 valence electrons. The smallest absolute Gasteiger partial charge is 0.0602 e. The first-order valence-electron chi connectivity index (χ1n) is 10.2. The van der Waals surface area contributed by atoms with Gasteiger partial charge in [0, 0.05) is 38.1 Å². The molecule has 24 heavy (non-hydrogen) atoms. The third-order valence-electron chi connectivity index (χ3n) is 4.61. The van der Waals surface area contributed by atoms with Gasteiger partial charge < -0.3 is 10.2 Å². The maximum atomic E-state index is 3.49. The molecule has 0 bridgehead atoms. The molecular formula is C21H41N3. The van der Waals surface area contributed by atoms with E-state index in [1.165, 1.54) is 77.8 Å². The Morgan fingerprint density at radius 2 is 1.38 bits per heavy atom. The number of rotatable bonds is 11. The van der Waals surface area contributed by atoms with Gasteiger partial charge in [-0.3, -0.25) is 4.90 Å². The Kier molecular flexibility index (Phi) is 12.3. The van der Waals surface area contributed by atoms with Crippen molar-refractivity contribution in [1.82, 2.24) is 15.1 Å². The van der Waals surface area contributed by atoms with E-state index < -0.39 is 0 Å². The fourth-order valence-corrected chi connectivity index (χ4v) is 3.09. The van der Waals surface area contributed by atoms with Gasteiger partial charge in [0.1, 0.15) is 0 Å². The van der Waals surface area contributed by atoms with Crippen molar-refractivity contribution >= 4 is 0 Å². The van der Waals surface area contributed by atoms with Crippen LogP contribution in [-0.2, 0) is 0 Å². The van der Waals surface area contributed by atoms with Gasteiger partial charge in [-0.25, -0.2) is 0 Å². The summed E-state index contributed by atoms with van der Waals surface area (Å²) in [4.78, 5) is 5.13. The molecule has 0 aliphatic carbocycles. The monoisotopic (exact) mass is 335 g/mol. The Labute approximate surface area is 151 Å². The number of hydrogen-bond donors (Lipinski definition) is 1. The Balaban J connectivity index is 1.90. The van der Waals surface area contributed by atoms with E-state index in [4.69, 9.17) is 0 Å². The second-order valence-electron chi connectivity index (χ2n) is 7.82. The summed E-state index contributed by atoms with van der Waals surface area (Å²) in [5.74, 6) is 7.07. The number of hydrogen-bond acceptors (Lipinski definition) is 3. The van der Waals surface area contributed by atoms with Crippen molar-refractivity contribution in [1.29, 1.82) is 0 Å². The van der Waals surface area contributed by atoms with Crippen molar-refractivity contribution in [3.63, 3.8) is 0 Å².